The molecular weight excluding hydrogens is 290 g/mol. The van der Waals surface area contributed by atoms with Crippen molar-refractivity contribution in [2.75, 3.05) is 19.6 Å². The van der Waals surface area contributed by atoms with Gasteiger partial charge in [0.05, 0.1) is 5.69 Å². The number of likely N-dealkylation sites (tertiary alicyclic amines) is 1. The molecule has 0 radical (unpaired) electrons. The summed E-state index contributed by atoms with van der Waals surface area (Å²) in [5.74, 6) is 0.547. The van der Waals surface area contributed by atoms with Gasteiger partial charge in [-0.1, -0.05) is 6.07 Å². The first kappa shape index (κ1) is 17.7. The molecular formula is C18H29N3O2. The zero-order valence-electron chi connectivity index (χ0n) is 14.7. The van der Waals surface area contributed by atoms with Crippen LogP contribution in [0.2, 0.25) is 0 Å². The Morgan fingerprint density at radius 2 is 2.26 bits per heavy atom. The Morgan fingerprint density at radius 1 is 1.48 bits per heavy atom. The van der Waals surface area contributed by atoms with Crippen LogP contribution in [-0.4, -0.2) is 41.2 Å². The van der Waals surface area contributed by atoms with Gasteiger partial charge in [0, 0.05) is 25.3 Å². The molecule has 2 unspecified atom stereocenters. The number of rotatable bonds is 5. The molecule has 0 aliphatic carbocycles. The molecule has 128 valence electrons. The van der Waals surface area contributed by atoms with Gasteiger partial charge in [-0.05, 0) is 65.1 Å². The molecule has 1 N–H and O–H groups in total. The molecule has 0 bridgehead atoms. The maximum absolute atomic E-state index is 12.1. The molecule has 5 nitrogen and oxygen atoms in total. The molecule has 0 spiro atoms. The van der Waals surface area contributed by atoms with Crippen molar-refractivity contribution in [1.82, 2.24) is 15.2 Å². The highest BCUT2D eigenvalue weighted by Crippen LogP contribution is 2.22. The summed E-state index contributed by atoms with van der Waals surface area (Å²) < 4.78 is 5.43. The fourth-order valence-electron chi connectivity index (χ4n) is 2.80. The molecule has 23 heavy (non-hydrogen) atoms. The maximum Gasteiger partial charge on any atom is 0.410 e. The third-order valence-electron chi connectivity index (χ3n) is 4.07. The summed E-state index contributed by atoms with van der Waals surface area (Å²) in [6, 6.07) is 6.23. The second-order valence-electron chi connectivity index (χ2n) is 7.30. The average molecular weight is 319 g/mol. The topological polar surface area (TPSA) is 54.5 Å². The summed E-state index contributed by atoms with van der Waals surface area (Å²) >= 11 is 0. The molecule has 2 atom stereocenters. The molecule has 1 aromatic heterocycles. The lowest BCUT2D eigenvalue weighted by atomic mass is 10.0. The monoisotopic (exact) mass is 319 g/mol. The van der Waals surface area contributed by atoms with E-state index in [0.717, 1.165) is 38.2 Å². The Hall–Kier alpha value is -1.62. The summed E-state index contributed by atoms with van der Waals surface area (Å²) in [4.78, 5) is 18.3. The van der Waals surface area contributed by atoms with E-state index in [9.17, 15) is 4.79 Å². The first-order valence-corrected chi connectivity index (χ1v) is 8.47. The first-order chi connectivity index (χ1) is 10.8. The third kappa shape index (κ3) is 5.82. The zero-order chi connectivity index (χ0) is 16.9. The molecule has 1 aliphatic heterocycles. The highest BCUT2D eigenvalue weighted by Gasteiger charge is 2.29. The van der Waals surface area contributed by atoms with E-state index >= 15 is 0 Å². The minimum absolute atomic E-state index is 0.185. The van der Waals surface area contributed by atoms with E-state index in [1.165, 1.54) is 0 Å². The fraction of sp³-hybridized carbons (Fsp3) is 0.667. The number of amides is 1. The fourth-order valence-corrected chi connectivity index (χ4v) is 2.80. The van der Waals surface area contributed by atoms with Gasteiger partial charge < -0.3 is 15.0 Å². The second-order valence-corrected chi connectivity index (χ2v) is 7.30. The van der Waals surface area contributed by atoms with Crippen molar-refractivity contribution in [2.45, 2.75) is 52.2 Å². The summed E-state index contributed by atoms with van der Waals surface area (Å²) in [6.45, 7) is 10.4. The highest BCUT2D eigenvalue weighted by atomic mass is 16.6. The molecule has 5 heteroatoms. The van der Waals surface area contributed by atoms with Crippen molar-refractivity contribution in [3.63, 3.8) is 0 Å². The van der Waals surface area contributed by atoms with E-state index in [1.807, 2.05) is 50.1 Å². The van der Waals surface area contributed by atoms with Gasteiger partial charge in [0.2, 0.25) is 0 Å². The lowest BCUT2D eigenvalue weighted by molar-refractivity contribution is 0.0287. The van der Waals surface area contributed by atoms with Crippen LogP contribution in [0.1, 0.15) is 52.3 Å². The van der Waals surface area contributed by atoms with Gasteiger partial charge in [-0.2, -0.15) is 0 Å². The summed E-state index contributed by atoms with van der Waals surface area (Å²) in [5, 5.41) is 3.51. The first-order valence-electron chi connectivity index (χ1n) is 8.47. The van der Waals surface area contributed by atoms with Crippen molar-refractivity contribution in [1.29, 1.82) is 0 Å². The SMILES string of the molecule is CC(NCCC1CCN(C(=O)OC(C)(C)C)C1)c1ccccn1. The second kappa shape index (κ2) is 7.77. The van der Waals surface area contributed by atoms with Gasteiger partial charge in [0.1, 0.15) is 5.60 Å². The van der Waals surface area contributed by atoms with Crippen LogP contribution in [0.5, 0.6) is 0 Å². The van der Waals surface area contributed by atoms with Gasteiger partial charge >= 0.3 is 6.09 Å². The van der Waals surface area contributed by atoms with Crippen LogP contribution in [0, 0.1) is 5.92 Å². The lowest BCUT2D eigenvalue weighted by Crippen LogP contribution is -2.35. The maximum atomic E-state index is 12.1. The molecule has 1 aromatic rings. The van der Waals surface area contributed by atoms with E-state index in [0.29, 0.717) is 5.92 Å². The Balaban J connectivity index is 1.69. The van der Waals surface area contributed by atoms with Crippen LogP contribution in [0.3, 0.4) is 0 Å². The van der Waals surface area contributed by atoms with Crippen LogP contribution in [0.4, 0.5) is 4.79 Å². The molecule has 1 fully saturated rings. The smallest absolute Gasteiger partial charge is 0.410 e. The average Bonchev–Trinajstić information content (AvgIpc) is 2.95. The Morgan fingerprint density at radius 3 is 2.91 bits per heavy atom. The van der Waals surface area contributed by atoms with Crippen LogP contribution < -0.4 is 5.32 Å². The van der Waals surface area contributed by atoms with Gasteiger partial charge in [0.15, 0.2) is 0 Å². The predicted molar refractivity (Wildman–Crippen MR) is 91.2 cm³/mol. The van der Waals surface area contributed by atoms with Crippen LogP contribution in [0.15, 0.2) is 24.4 Å². The molecule has 1 saturated heterocycles. The van der Waals surface area contributed by atoms with Crippen LogP contribution >= 0.6 is 0 Å². The standard InChI is InChI=1S/C18H29N3O2/c1-14(16-7-5-6-10-20-16)19-11-8-15-9-12-21(13-15)17(22)23-18(2,3)4/h5-7,10,14-15,19H,8-9,11-13H2,1-4H3. The third-order valence-corrected chi connectivity index (χ3v) is 4.07. The van der Waals surface area contributed by atoms with Gasteiger partial charge in [-0.3, -0.25) is 4.98 Å². The van der Waals surface area contributed by atoms with Gasteiger partial charge in [-0.25, -0.2) is 4.79 Å². The highest BCUT2D eigenvalue weighted by molar-refractivity contribution is 5.68. The van der Waals surface area contributed by atoms with E-state index in [1.54, 1.807) is 0 Å². The van der Waals surface area contributed by atoms with Crippen LogP contribution in [-0.2, 0) is 4.74 Å². The molecule has 0 aromatic carbocycles. The van der Waals surface area contributed by atoms with E-state index in [-0.39, 0.29) is 12.1 Å². The molecule has 1 aliphatic rings. The zero-order valence-corrected chi connectivity index (χ0v) is 14.7. The van der Waals surface area contributed by atoms with Crippen molar-refractivity contribution in [2.24, 2.45) is 5.92 Å². The minimum atomic E-state index is -0.422. The Kier molecular flexibility index (Phi) is 5.99. The number of carbonyl (C=O) groups excluding carboxylic acids is 1. The number of nitrogens with zero attached hydrogens (tertiary/aromatic N) is 2. The van der Waals surface area contributed by atoms with Gasteiger partial charge in [0.25, 0.3) is 0 Å². The van der Waals surface area contributed by atoms with Crippen molar-refractivity contribution in [3.8, 4) is 0 Å². The van der Waals surface area contributed by atoms with Crippen molar-refractivity contribution >= 4 is 6.09 Å². The summed E-state index contributed by atoms with van der Waals surface area (Å²) in [6.07, 6.45) is 3.76. The number of nitrogens with one attached hydrogen (secondary N) is 1. The van der Waals surface area contributed by atoms with Crippen molar-refractivity contribution < 1.29 is 9.53 Å². The minimum Gasteiger partial charge on any atom is -0.444 e. The van der Waals surface area contributed by atoms with E-state index < -0.39 is 5.60 Å². The van der Waals surface area contributed by atoms with E-state index in [4.69, 9.17) is 4.74 Å². The lowest BCUT2D eigenvalue weighted by Gasteiger charge is -2.24. The number of aromatic nitrogens is 1. The quantitative estimate of drug-likeness (QED) is 0.904. The molecule has 0 saturated carbocycles. The number of hydrogen-bond donors (Lipinski definition) is 1. The molecule has 2 heterocycles. The van der Waals surface area contributed by atoms with Crippen LogP contribution in [0.25, 0.3) is 0 Å². The summed E-state index contributed by atoms with van der Waals surface area (Å²) in [5.41, 5.74) is 0.642. The largest absolute Gasteiger partial charge is 0.444 e. The molecule has 2 rings (SSSR count). The predicted octanol–water partition coefficient (Wildman–Crippen LogP) is 3.38. The Bertz CT molecular complexity index is 499. The number of hydrogen-bond acceptors (Lipinski definition) is 4. The number of ether oxygens (including phenoxy) is 1. The van der Waals surface area contributed by atoms with E-state index in [2.05, 4.69) is 17.2 Å². The van der Waals surface area contributed by atoms with Gasteiger partial charge in [-0.15, -0.1) is 0 Å². The van der Waals surface area contributed by atoms with Crippen molar-refractivity contribution in [3.05, 3.63) is 30.1 Å². The summed E-state index contributed by atoms with van der Waals surface area (Å²) in [7, 11) is 0. The number of carbonyl (C=O) groups is 1. The number of pyridine rings is 1. The molecule has 1 amide bonds. The normalized spacial score (nSPS) is 19.7. The Labute approximate surface area is 139 Å².